The van der Waals surface area contributed by atoms with E-state index in [1.807, 2.05) is 18.2 Å². The molecule has 0 radical (unpaired) electrons. The molecule has 0 saturated heterocycles. The van der Waals surface area contributed by atoms with Crippen molar-refractivity contribution < 1.29 is 18.8 Å². The molecule has 1 unspecified atom stereocenters. The number of aromatic nitrogens is 2. The summed E-state index contributed by atoms with van der Waals surface area (Å²) in [7, 11) is 1.59. The Bertz CT molecular complexity index is 890. The summed E-state index contributed by atoms with van der Waals surface area (Å²) in [6.07, 6.45) is -0.691. The fraction of sp³-hybridized carbons (Fsp3) is 0.211. The van der Waals surface area contributed by atoms with Gasteiger partial charge in [0.15, 0.2) is 6.10 Å². The zero-order valence-corrected chi connectivity index (χ0v) is 14.7. The van der Waals surface area contributed by atoms with Crippen LogP contribution in [-0.4, -0.2) is 29.3 Å². The minimum atomic E-state index is -0.691. The quantitative estimate of drug-likeness (QED) is 0.730. The molecule has 2 aromatic carbocycles. The van der Waals surface area contributed by atoms with Gasteiger partial charge in [0.2, 0.25) is 11.7 Å². The summed E-state index contributed by atoms with van der Waals surface area (Å²) in [5, 5.41) is 6.75. The molecule has 1 N–H and O–H groups in total. The van der Waals surface area contributed by atoms with Crippen molar-refractivity contribution in [3.8, 4) is 22.9 Å². The zero-order valence-electron chi connectivity index (χ0n) is 14.7. The molecule has 0 aliphatic rings. The summed E-state index contributed by atoms with van der Waals surface area (Å²) in [6.45, 7) is 3.39. The van der Waals surface area contributed by atoms with Gasteiger partial charge in [-0.3, -0.25) is 4.79 Å². The first-order valence-corrected chi connectivity index (χ1v) is 8.08. The Hall–Kier alpha value is -3.35. The molecular formula is C19H19N3O4. The summed E-state index contributed by atoms with van der Waals surface area (Å²) in [4.78, 5) is 16.7. The van der Waals surface area contributed by atoms with Crippen LogP contribution in [0.15, 0.2) is 53.1 Å². The Labute approximate surface area is 150 Å². The number of amides is 1. The molecule has 7 nitrogen and oxygen atoms in total. The van der Waals surface area contributed by atoms with E-state index < -0.39 is 6.10 Å². The van der Waals surface area contributed by atoms with Gasteiger partial charge in [-0.15, -0.1) is 0 Å². The molecule has 1 amide bonds. The van der Waals surface area contributed by atoms with Gasteiger partial charge in [0.25, 0.3) is 5.91 Å². The number of ether oxygens (including phenoxy) is 2. The maximum atomic E-state index is 12.5. The smallest absolute Gasteiger partial charge is 0.265 e. The van der Waals surface area contributed by atoms with Gasteiger partial charge in [-0.05, 0) is 43.3 Å². The van der Waals surface area contributed by atoms with Gasteiger partial charge in [0.1, 0.15) is 11.5 Å². The molecular weight excluding hydrogens is 334 g/mol. The molecule has 1 aromatic heterocycles. The van der Waals surface area contributed by atoms with Gasteiger partial charge >= 0.3 is 0 Å². The maximum Gasteiger partial charge on any atom is 0.265 e. The van der Waals surface area contributed by atoms with Crippen LogP contribution in [0.25, 0.3) is 11.4 Å². The number of carbonyl (C=O) groups is 1. The summed E-state index contributed by atoms with van der Waals surface area (Å²) in [5.41, 5.74) is 1.26. The Morgan fingerprint density at radius 1 is 1.12 bits per heavy atom. The average Bonchev–Trinajstić information content (AvgIpc) is 3.09. The summed E-state index contributed by atoms with van der Waals surface area (Å²) in [6, 6.07) is 14.3. The monoisotopic (exact) mass is 353 g/mol. The van der Waals surface area contributed by atoms with Crippen LogP contribution in [0.3, 0.4) is 0 Å². The molecule has 26 heavy (non-hydrogen) atoms. The molecule has 0 aliphatic heterocycles. The Kier molecular flexibility index (Phi) is 5.17. The predicted molar refractivity (Wildman–Crippen MR) is 96.2 cm³/mol. The van der Waals surface area contributed by atoms with Crippen LogP contribution in [0.2, 0.25) is 0 Å². The highest BCUT2D eigenvalue weighted by Crippen LogP contribution is 2.26. The Morgan fingerprint density at radius 3 is 2.46 bits per heavy atom. The number of nitrogens with zero attached hydrogens (tertiary/aromatic N) is 2. The second-order valence-electron chi connectivity index (χ2n) is 5.61. The van der Waals surface area contributed by atoms with E-state index in [1.165, 1.54) is 0 Å². The van der Waals surface area contributed by atoms with Crippen molar-refractivity contribution >= 4 is 11.6 Å². The number of methoxy groups -OCH3 is 1. The number of rotatable bonds is 6. The fourth-order valence-electron chi connectivity index (χ4n) is 2.34. The second-order valence-corrected chi connectivity index (χ2v) is 5.61. The van der Waals surface area contributed by atoms with Crippen LogP contribution >= 0.6 is 0 Å². The lowest BCUT2D eigenvalue weighted by Crippen LogP contribution is -2.30. The topological polar surface area (TPSA) is 86.5 Å². The van der Waals surface area contributed by atoms with Gasteiger partial charge in [-0.25, -0.2) is 0 Å². The third kappa shape index (κ3) is 4.00. The van der Waals surface area contributed by atoms with Crippen molar-refractivity contribution in [3.63, 3.8) is 0 Å². The van der Waals surface area contributed by atoms with E-state index in [9.17, 15) is 4.79 Å². The van der Waals surface area contributed by atoms with Crippen molar-refractivity contribution in [2.75, 3.05) is 12.4 Å². The van der Waals surface area contributed by atoms with Gasteiger partial charge in [-0.2, -0.15) is 4.98 Å². The van der Waals surface area contributed by atoms with Gasteiger partial charge in [0.05, 0.1) is 12.8 Å². The van der Waals surface area contributed by atoms with Crippen molar-refractivity contribution in [2.24, 2.45) is 0 Å². The molecule has 1 heterocycles. The molecule has 1 atom stereocenters. The third-order valence-corrected chi connectivity index (χ3v) is 3.69. The van der Waals surface area contributed by atoms with E-state index in [0.29, 0.717) is 28.7 Å². The van der Waals surface area contributed by atoms with E-state index in [4.69, 9.17) is 14.0 Å². The number of hydrogen-bond acceptors (Lipinski definition) is 6. The molecule has 0 fully saturated rings. The second kappa shape index (κ2) is 7.69. The summed E-state index contributed by atoms with van der Waals surface area (Å²) < 4.78 is 15.8. The molecule has 134 valence electrons. The largest absolute Gasteiger partial charge is 0.497 e. The summed E-state index contributed by atoms with van der Waals surface area (Å²) in [5.74, 6) is 1.89. The number of benzene rings is 2. The van der Waals surface area contributed by atoms with Crippen LogP contribution < -0.4 is 14.8 Å². The number of anilines is 1. The molecule has 7 heteroatoms. The normalized spacial score (nSPS) is 11.7. The van der Waals surface area contributed by atoms with E-state index in [0.717, 1.165) is 5.75 Å². The highest BCUT2D eigenvalue weighted by atomic mass is 16.5. The molecule has 0 spiro atoms. The first-order valence-electron chi connectivity index (χ1n) is 8.08. The average molecular weight is 353 g/mol. The molecule has 0 bridgehead atoms. The number of para-hydroxylation sites is 1. The fourth-order valence-corrected chi connectivity index (χ4v) is 2.34. The zero-order chi connectivity index (χ0) is 18.5. The molecule has 3 aromatic rings. The van der Waals surface area contributed by atoms with Crippen LogP contribution in [0.4, 0.5) is 5.69 Å². The first kappa shape index (κ1) is 17.5. The molecule has 0 aliphatic carbocycles. The van der Waals surface area contributed by atoms with Crippen LogP contribution in [0, 0.1) is 6.92 Å². The van der Waals surface area contributed by atoms with E-state index in [-0.39, 0.29) is 5.91 Å². The standard InChI is InChI=1S/C19H19N3O4/c1-12(25-15-10-8-14(24-3)9-11-15)19(23)21-17-7-5-4-6-16(17)18-20-13(2)26-22-18/h4-12H,1-3H3,(H,21,23). The van der Waals surface area contributed by atoms with Crippen molar-refractivity contribution in [1.29, 1.82) is 0 Å². The van der Waals surface area contributed by atoms with Crippen LogP contribution in [-0.2, 0) is 4.79 Å². The minimum Gasteiger partial charge on any atom is -0.497 e. The minimum absolute atomic E-state index is 0.284. The van der Waals surface area contributed by atoms with E-state index >= 15 is 0 Å². The van der Waals surface area contributed by atoms with Gasteiger partial charge in [0, 0.05) is 12.5 Å². The Morgan fingerprint density at radius 2 is 1.81 bits per heavy atom. The third-order valence-electron chi connectivity index (χ3n) is 3.69. The number of hydrogen-bond donors (Lipinski definition) is 1. The summed E-state index contributed by atoms with van der Waals surface area (Å²) >= 11 is 0. The maximum absolute atomic E-state index is 12.5. The lowest BCUT2D eigenvalue weighted by molar-refractivity contribution is -0.122. The molecule has 3 rings (SSSR count). The molecule has 0 saturated carbocycles. The van der Waals surface area contributed by atoms with Crippen molar-refractivity contribution in [3.05, 3.63) is 54.4 Å². The number of aryl methyl sites for hydroxylation is 1. The number of nitrogens with one attached hydrogen (secondary N) is 1. The van der Waals surface area contributed by atoms with E-state index in [1.54, 1.807) is 51.3 Å². The Balaban J connectivity index is 1.71. The highest BCUT2D eigenvalue weighted by Gasteiger charge is 2.18. The first-order chi connectivity index (χ1) is 12.6. The highest BCUT2D eigenvalue weighted by molar-refractivity contribution is 5.97. The van der Waals surface area contributed by atoms with Crippen LogP contribution in [0.5, 0.6) is 11.5 Å². The van der Waals surface area contributed by atoms with Crippen LogP contribution in [0.1, 0.15) is 12.8 Å². The van der Waals surface area contributed by atoms with Gasteiger partial charge < -0.3 is 19.3 Å². The van der Waals surface area contributed by atoms with Crippen molar-refractivity contribution in [1.82, 2.24) is 10.1 Å². The van der Waals surface area contributed by atoms with Crippen molar-refractivity contribution in [2.45, 2.75) is 20.0 Å². The van der Waals surface area contributed by atoms with Gasteiger partial charge in [-0.1, -0.05) is 17.3 Å². The number of carbonyl (C=O) groups excluding carboxylic acids is 1. The lowest BCUT2D eigenvalue weighted by atomic mass is 10.1. The van der Waals surface area contributed by atoms with E-state index in [2.05, 4.69) is 15.5 Å². The SMILES string of the molecule is COc1ccc(OC(C)C(=O)Nc2ccccc2-c2noc(C)n2)cc1. The predicted octanol–water partition coefficient (Wildman–Crippen LogP) is 3.46. The lowest BCUT2D eigenvalue weighted by Gasteiger charge is -2.16.